The molecule has 0 radical (unpaired) electrons. The van der Waals surface area contributed by atoms with Gasteiger partial charge in [0.1, 0.15) is 17.0 Å². The quantitative estimate of drug-likeness (QED) is 0.931. The van der Waals surface area contributed by atoms with E-state index in [2.05, 4.69) is 39.1 Å². The van der Waals surface area contributed by atoms with Crippen LogP contribution in [0.4, 0.5) is 5.82 Å². The second-order valence-electron chi connectivity index (χ2n) is 6.91. The third-order valence-corrected chi connectivity index (χ3v) is 6.21. The zero-order valence-corrected chi connectivity index (χ0v) is 14.8. The van der Waals surface area contributed by atoms with Crippen LogP contribution in [0, 0.1) is 0 Å². The van der Waals surface area contributed by atoms with Crippen LogP contribution in [0.3, 0.4) is 0 Å². The van der Waals surface area contributed by atoms with Gasteiger partial charge in [-0.1, -0.05) is 0 Å². The van der Waals surface area contributed by atoms with Crippen molar-refractivity contribution >= 4 is 27.4 Å². The Morgan fingerprint density at radius 2 is 2.04 bits per heavy atom. The molecule has 0 amide bonds. The topological polar surface area (TPSA) is 44.3 Å². The molecule has 3 heterocycles. The van der Waals surface area contributed by atoms with E-state index < -0.39 is 0 Å². The Bertz CT molecular complexity index is 690. The Labute approximate surface area is 141 Å². The molecule has 2 aromatic rings. The molecule has 23 heavy (non-hydrogen) atoms. The monoisotopic (exact) mass is 331 g/mol. The molecule has 1 atom stereocenters. The van der Waals surface area contributed by atoms with Crippen LogP contribution in [0.25, 0.3) is 10.2 Å². The van der Waals surface area contributed by atoms with Gasteiger partial charge in [0.2, 0.25) is 0 Å². The number of nitrogens with one attached hydrogen (secondary N) is 1. The molecule has 6 heteroatoms. The minimum absolute atomic E-state index is 0.397. The van der Waals surface area contributed by atoms with E-state index in [-0.39, 0.29) is 0 Å². The number of rotatable bonds is 4. The normalized spacial score (nSPS) is 20.8. The summed E-state index contributed by atoms with van der Waals surface area (Å²) < 4.78 is 0. The lowest BCUT2D eigenvalue weighted by atomic mass is 10.2. The Hall–Kier alpha value is -1.24. The maximum absolute atomic E-state index is 4.56. The van der Waals surface area contributed by atoms with Gasteiger partial charge < -0.3 is 10.2 Å². The number of hydrogen-bond acceptors (Lipinski definition) is 6. The highest BCUT2D eigenvalue weighted by molar-refractivity contribution is 7.19. The molecular weight excluding hydrogens is 306 g/mol. The number of aryl methyl sites for hydroxylation is 2. The molecule has 1 aliphatic carbocycles. The van der Waals surface area contributed by atoms with Gasteiger partial charge in [-0.05, 0) is 38.8 Å². The second kappa shape index (κ2) is 6.34. The number of anilines is 1. The molecule has 1 N–H and O–H groups in total. The average molecular weight is 331 g/mol. The van der Waals surface area contributed by atoms with E-state index in [1.165, 1.54) is 48.2 Å². The third-order valence-electron chi connectivity index (χ3n) is 5.01. The zero-order valence-electron chi connectivity index (χ0n) is 14.0. The minimum Gasteiger partial charge on any atom is -0.366 e. The number of aromatic nitrogens is 2. The first-order valence-electron chi connectivity index (χ1n) is 8.63. The summed E-state index contributed by atoms with van der Waals surface area (Å²) in [7, 11) is 2.20. The molecule has 5 nitrogen and oxygen atoms in total. The van der Waals surface area contributed by atoms with Crippen LogP contribution < -0.4 is 5.32 Å². The molecule has 2 aromatic heterocycles. The Balaban J connectivity index is 1.49. The van der Waals surface area contributed by atoms with Gasteiger partial charge in [-0.25, -0.2) is 9.97 Å². The summed E-state index contributed by atoms with van der Waals surface area (Å²) in [6.07, 6.45) is 5.39. The molecule has 1 saturated heterocycles. The van der Waals surface area contributed by atoms with Crippen LogP contribution in [0.15, 0.2) is 6.33 Å². The standard InChI is InChI=1S/C17H25N5S/c1-12(10-22-8-6-21(2)7-9-22)20-16-15-13-4-3-5-14(13)23-17(15)19-11-18-16/h11-12H,3-10H2,1-2H3,(H,18,19,20). The summed E-state index contributed by atoms with van der Waals surface area (Å²) in [5.74, 6) is 1.04. The summed E-state index contributed by atoms with van der Waals surface area (Å²) in [5.41, 5.74) is 1.50. The molecule has 0 aromatic carbocycles. The lowest BCUT2D eigenvalue weighted by Gasteiger charge is -2.34. The first kappa shape index (κ1) is 15.3. The Kier molecular flexibility index (Phi) is 4.22. The lowest BCUT2D eigenvalue weighted by molar-refractivity contribution is 0.151. The number of nitrogens with zero attached hydrogens (tertiary/aromatic N) is 4. The second-order valence-corrected chi connectivity index (χ2v) is 7.99. The predicted octanol–water partition coefficient (Wildman–Crippen LogP) is 2.23. The van der Waals surface area contributed by atoms with Crippen molar-refractivity contribution in [2.75, 3.05) is 45.1 Å². The molecule has 4 rings (SSSR count). The molecule has 1 unspecified atom stereocenters. The van der Waals surface area contributed by atoms with Crippen molar-refractivity contribution in [1.29, 1.82) is 0 Å². The van der Waals surface area contributed by atoms with Crippen LogP contribution in [0.2, 0.25) is 0 Å². The third kappa shape index (κ3) is 3.07. The van der Waals surface area contributed by atoms with E-state index in [0.717, 1.165) is 30.3 Å². The number of fused-ring (bicyclic) bond motifs is 3. The van der Waals surface area contributed by atoms with Gasteiger partial charge >= 0.3 is 0 Å². The number of hydrogen-bond donors (Lipinski definition) is 1. The van der Waals surface area contributed by atoms with E-state index in [1.54, 1.807) is 6.33 Å². The van der Waals surface area contributed by atoms with Gasteiger partial charge in [-0.2, -0.15) is 0 Å². The molecule has 124 valence electrons. The van der Waals surface area contributed by atoms with Crippen LogP contribution >= 0.6 is 11.3 Å². The molecular formula is C17H25N5S. The van der Waals surface area contributed by atoms with Crippen LogP contribution in [-0.2, 0) is 12.8 Å². The molecule has 2 aliphatic rings. The predicted molar refractivity (Wildman–Crippen MR) is 96.5 cm³/mol. The summed E-state index contributed by atoms with van der Waals surface area (Å²) in [5, 5.41) is 4.95. The fraction of sp³-hybridized carbons (Fsp3) is 0.647. The SMILES string of the molecule is CC(CN1CCN(C)CC1)Nc1ncnc2sc3c(c12)CCC3. The highest BCUT2D eigenvalue weighted by atomic mass is 32.1. The van der Waals surface area contributed by atoms with Crippen LogP contribution in [0.1, 0.15) is 23.8 Å². The first-order chi connectivity index (χ1) is 11.2. The van der Waals surface area contributed by atoms with Crippen molar-refractivity contribution in [3.8, 4) is 0 Å². The molecule has 0 saturated carbocycles. The van der Waals surface area contributed by atoms with Crippen molar-refractivity contribution in [1.82, 2.24) is 19.8 Å². The van der Waals surface area contributed by atoms with Crippen molar-refractivity contribution in [3.05, 3.63) is 16.8 Å². The fourth-order valence-electron chi connectivity index (χ4n) is 3.73. The highest BCUT2D eigenvalue weighted by Gasteiger charge is 2.22. The van der Waals surface area contributed by atoms with Crippen LogP contribution in [-0.4, -0.2) is 65.6 Å². The van der Waals surface area contributed by atoms with E-state index >= 15 is 0 Å². The fourth-order valence-corrected chi connectivity index (χ4v) is 4.96. The smallest absolute Gasteiger partial charge is 0.138 e. The highest BCUT2D eigenvalue weighted by Crippen LogP contribution is 2.39. The first-order valence-corrected chi connectivity index (χ1v) is 9.45. The maximum Gasteiger partial charge on any atom is 0.138 e. The molecule has 1 fully saturated rings. The van der Waals surface area contributed by atoms with Crippen molar-refractivity contribution in [2.24, 2.45) is 0 Å². The average Bonchev–Trinajstić information content (AvgIpc) is 3.10. The van der Waals surface area contributed by atoms with Gasteiger partial charge in [-0.15, -0.1) is 11.3 Å². The van der Waals surface area contributed by atoms with Crippen molar-refractivity contribution < 1.29 is 0 Å². The van der Waals surface area contributed by atoms with Crippen LogP contribution in [0.5, 0.6) is 0 Å². The maximum atomic E-state index is 4.56. The van der Waals surface area contributed by atoms with Crippen molar-refractivity contribution in [2.45, 2.75) is 32.2 Å². The van der Waals surface area contributed by atoms with E-state index in [9.17, 15) is 0 Å². The summed E-state index contributed by atoms with van der Waals surface area (Å²) in [6.45, 7) is 8.00. The van der Waals surface area contributed by atoms with Gasteiger partial charge in [-0.3, -0.25) is 4.90 Å². The van der Waals surface area contributed by atoms with Gasteiger partial charge in [0.25, 0.3) is 0 Å². The van der Waals surface area contributed by atoms with Crippen molar-refractivity contribution in [3.63, 3.8) is 0 Å². The van der Waals surface area contributed by atoms with E-state index in [1.807, 2.05) is 11.3 Å². The Morgan fingerprint density at radius 3 is 2.87 bits per heavy atom. The Morgan fingerprint density at radius 1 is 1.22 bits per heavy atom. The number of thiophene rings is 1. The van der Waals surface area contributed by atoms with E-state index in [4.69, 9.17) is 0 Å². The number of piperazine rings is 1. The van der Waals surface area contributed by atoms with Gasteiger partial charge in [0, 0.05) is 43.6 Å². The largest absolute Gasteiger partial charge is 0.366 e. The zero-order chi connectivity index (χ0) is 15.8. The van der Waals surface area contributed by atoms with Gasteiger partial charge in [0.15, 0.2) is 0 Å². The summed E-state index contributed by atoms with van der Waals surface area (Å²) in [6, 6.07) is 0.397. The number of likely N-dealkylation sites (N-methyl/N-ethyl adjacent to an activating group) is 1. The molecule has 0 spiro atoms. The summed E-state index contributed by atoms with van der Waals surface area (Å²) >= 11 is 1.86. The lowest BCUT2D eigenvalue weighted by Crippen LogP contribution is -2.47. The van der Waals surface area contributed by atoms with Gasteiger partial charge in [0.05, 0.1) is 5.39 Å². The minimum atomic E-state index is 0.397. The molecule has 0 bridgehead atoms. The molecule has 1 aliphatic heterocycles. The van der Waals surface area contributed by atoms with E-state index in [0.29, 0.717) is 6.04 Å². The summed E-state index contributed by atoms with van der Waals surface area (Å²) in [4.78, 5) is 16.7.